The zero-order valence-corrected chi connectivity index (χ0v) is 7.26. The molecule has 0 unspecified atom stereocenters. The SMILES string of the molecule is CCC1(C(=O)c2ccc[nH]2)CC1. The number of hydrogen-bond acceptors (Lipinski definition) is 1. The van der Waals surface area contributed by atoms with Crippen molar-refractivity contribution < 1.29 is 4.79 Å². The topological polar surface area (TPSA) is 32.9 Å². The molecule has 0 saturated heterocycles. The van der Waals surface area contributed by atoms with Crippen LogP contribution in [0.5, 0.6) is 0 Å². The van der Waals surface area contributed by atoms with Crippen molar-refractivity contribution >= 4 is 5.78 Å². The number of carbonyl (C=O) groups excluding carboxylic acids is 1. The number of ketones is 1. The van der Waals surface area contributed by atoms with Crippen LogP contribution in [0.3, 0.4) is 0 Å². The predicted molar refractivity (Wildman–Crippen MR) is 47.1 cm³/mol. The fourth-order valence-electron chi connectivity index (χ4n) is 1.65. The Bertz CT molecular complexity index is 283. The van der Waals surface area contributed by atoms with Gasteiger partial charge in [-0.05, 0) is 31.4 Å². The average Bonchev–Trinajstić information content (AvgIpc) is 2.71. The minimum atomic E-state index is 0.00481. The number of hydrogen-bond donors (Lipinski definition) is 1. The van der Waals surface area contributed by atoms with Crippen LogP contribution in [0, 0.1) is 5.41 Å². The lowest BCUT2D eigenvalue weighted by Crippen LogP contribution is -2.15. The fourth-order valence-corrected chi connectivity index (χ4v) is 1.65. The van der Waals surface area contributed by atoms with Gasteiger partial charge in [0.25, 0.3) is 0 Å². The van der Waals surface area contributed by atoms with Crippen LogP contribution < -0.4 is 0 Å². The monoisotopic (exact) mass is 163 g/mol. The van der Waals surface area contributed by atoms with E-state index in [1.165, 1.54) is 0 Å². The van der Waals surface area contributed by atoms with Crippen LogP contribution in [0.15, 0.2) is 18.3 Å². The number of aromatic amines is 1. The second kappa shape index (κ2) is 2.47. The van der Waals surface area contributed by atoms with Crippen molar-refractivity contribution in [2.75, 3.05) is 0 Å². The van der Waals surface area contributed by atoms with E-state index < -0.39 is 0 Å². The van der Waals surface area contributed by atoms with Gasteiger partial charge in [0.05, 0.1) is 5.69 Å². The van der Waals surface area contributed by atoms with Crippen molar-refractivity contribution in [1.29, 1.82) is 0 Å². The van der Waals surface area contributed by atoms with E-state index in [1.807, 2.05) is 12.1 Å². The third kappa shape index (κ3) is 0.986. The lowest BCUT2D eigenvalue weighted by atomic mass is 9.96. The van der Waals surface area contributed by atoms with E-state index in [-0.39, 0.29) is 5.41 Å². The normalized spacial score (nSPS) is 19.1. The summed E-state index contributed by atoms with van der Waals surface area (Å²) >= 11 is 0. The van der Waals surface area contributed by atoms with E-state index in [1.54, 1.807) is 6.20 Å². The van der Waals surface area contributed by atoms with Gasteiger partial charge < -0.3 is 4.98 Å². The number of rotatable bonds is 3. The lowest BCUT2D eigenvalue weighted by molar-refractivity contribution is 0.0892. The van der Waals surface area contributed by atoms with Gasteiger partial charge >= 0.3 is 0 Å². The molecule has 0 aromatic carbocycles. The Morgan fingerprint density at radius 3 is 2.83 bits per heavy atom. The minimum Gasteiger partial charge on any atom is -0.359 e. The summed E-state index contributed by atoms with van der Waals surface area (Å²) in [6.07, 6.45) is 4.92. The molecule has 12 heavy (non-hydrogen) atoms. The van der Waals surface area contributed by atoms with E-state index in [2.05, 4.69) is 11.9 Å². The first kappa shape index (κ1) is 7.59. The van der Waals surface area contributed by atoms with Crippen LogP contribution >= 0.6 is 0 Å². The Hall–Kier alpha value is -1.05. The molecule has 0 radical (unpaired) electrons. The van der Waals surface area contributed by atoms with Crippen molar-refractivity contribution in [3.8, 4) is 0 Å². The minimum absolute atomic E-state index is 0.00481. The maximum atomic E-state index is 11.8. The highest BCUT2D eigenvalue weighted by Crippen LogP contribution is 2.50. The number of aromatic nitrogens is 1. The fraction of sp³-hybridized carbons (Fsp3) is 0.500. The Balaban J connectivity index is 2.21. The van der Waals surface area contributed by atoms with Crippen molar-refractivity contribution in [3.63, 3.8) is 0 Å². The van der Waals surface area contributed by atoms with Gasteiger partial charge in [-0.2, -0.15) is 0 Å². The molecule has 1 aromatic heterocycles. The van der Waals surface area contributed by atoms with Crippen LogP contribution in [0.25, 0.3) is 0 Å². The molecule has 64 valence electrons. The molecule has 0 spiro atoms. The van der Waals surface area contributed by atoms with Crippen molar-refractivity contribution in [3.05, 3.63) is 24.0 Å². The Kier molecular flexibility index (Phi) is 1.56. The van der Waals surface area contributed by atoms with Crippen LogP contribution in [-0.4, -0.2) is 10.8 Å². The lowest BCUT2D eigenvalue weighted by Gasteiger charge is -2.08. The molecule has 1 N–H and O–H groups in total. The molecule has 1 aromatic rings. The van der Waals surface area contributed by atoms with Crippen molar-refractivity contribution in [2.24, 2.45) is 5.41 Å². The van der Waals surface area contributed by atoms with Gasteiger partial charge in [0.1, 0.15) is 0 Å². The van der Waals surface area contributed by atoms with Gasteiger partial charge in [-0.15, -0.1) is 0 Å². The largest absolute Gasteiger partial charge is 0.359 e. The van der Waals surface area contributed by atoms with Gasteiger partial charge in [-0.3, -0.25) is 4.79 Å². The molecule has 1 fully saturated rings. The molecule has 1 saturated carbocycles. The molecule has 2 nitrogen and oxygen atoms in total. The molecule has 0 bridgehead atoms. The second-order valence-corrected chi connectivity index (χ2v) is 3.55. The van der Waals surface area contributed by atoms with Gasteiger partial charge in [0, 0.05) is 11.6 Å². The third-order valence-corrected chi connectivity index (χ3v) is 2.85. The van der Waals surface area contributed by atoms with Crippen molar-refractivity contribution in [1.82, 2.24) is 4.98 Å². The Morgan fingerprint density at radius 2 is 2.42 bits per heavy atom. The molecular weight excluding hydrogens is 150 g/mol. The van der Waals surface area contributed by atoms with Gasteiger partial charge in [-0.25, -0.2) is 0 Å². The van der Waals surface area contributed by atoms with Gasteiger partial charge in [-0.1, -0.05) is 6.92 Å². The molecular formula is C10H13NO. The smallest absolute Gasteiger partial charge is 0.185 e. The van der Waals surface area contributed by atoms with Crippen LogP contribution in [0.1, 0.15) is 36.7 Å². The molecule has 0 aliphatic heterocycles. The number of carbonyl (C=O) groups is 1. The summed E-state index contributed by atoms with van der Waals surface area (Å²) in [6.45, 7) is 2.09. The van der Waals surface area contributed by atoms with E-state index in [0.717, 1.165) is 25.0 Å². The first-order valence-corrected chi connectivity index (χ1v) is 4.47. The zero-order chi connectivity index (χ0) is 8.60. The summed E-state index contributed by atoms with van der Waals surface area (Å²) in [7, 11) is 0. The second-order valence-electron chi connectivity index (χ2n) is 3.55. The Labute approximate surface area is 72.0 Å². The highest BCUT2D eigenvalue weighted by Gasteiger charge is 2.48. The average molecular weight is 163 g/mol. The summed E-state index contributed by atoms with van der Waals surface area (Å²) in [5, 5.41) is 0. The van der Waals surface area contributed by atoms with Gasteiger partial charge in [0.2, 0.25) is 0 Å². The number of nitrogens with one attached hydrogen (secondary N) is 1. The maximum absolute atomic E-state index is 11.8. The first-order chi connectivity index (χ1) is 5.78. The molecule has 2 rings (SSSR count). The quantitative estimate of drug-likeness (QED) is 0.682. The summed E-state index contributed by atoms with van der Waals surface area (Å²) in [4.78, 5) is 14.8. The van der Waals surface area contributed by atoms with Crippen LogP contribution in [-0.2, 0) is 0 Å². The Morgan fingerprint density at radius 1 is 1.67 bits per heavy atom. The predicted octanol–water partition coefficient (Wildman–Crippen LogP) is 2.39. The van der Waals surface area contributed by atoms with Gasteiger partial charge in [0.15, 0.2) is 5.78 Å². The van der Waals surface area contributed by atoms with E-state index in [4.69, 9.17) is 0 Å². The molecule has 0 amide bonds. The highest BCUT2D eigenvalue weighted by atomic mass is 16.1. The van der Waals surface area contributed by atoms with E-state index in [9.17, 15) is 4.79 Å². The first-order valence-electron chi connectivity index (χ1n) is 4.47. The molecule has 1 aliphatic carbocycles. The van der Waals surface area contributed by atoms with Crippen LogP contribution in [0.4, 0.5) is 0 Å². The zero-order valence-electron chi connectivity index (χ0n) is 7.26. The summed E-state index contributed by atoms with van der Waals surface area (Å²) in [6, 6.07) is 3.73. The molecule has 1 aliphatic rings. The number of H-pyrrole nitrogens is 1. The summed E-state index contributed by atoms with van der Waals surface area (Å²) in [5.41, 5.74) is 0.777. The van der Waals surface area contributed by atoms with Crippen molar-refractivity contribution in [2.45, 2.75) is 26.2 Å². The third-order valence-electron chi connectivity index (χ3n) is 2.85. The standard InChI is InChI=1S/C10H13NO/c1-2-10(5-6-10)9(12)8-4-3-7-11-8/h3-4,7,11H,2,5-6H2,1H3. The molecule has 1 heterocycles. The summed E-state index contributed by atoms with van der Waals surface area (Å²) in [5.74, 6) is 0.301. The number of Topliss-reactive ketones (excluding diaryl/α,β-unsaturated/α-hetero) is 1. The molecule has 2 heteroatoms. The highest BCUT2D eigenvalue weighted by molar-refractivity contribution is 6.00. The maximum Gasteiger partial charge on any atom is 0.185 e. The van der Waals surface area contributed by atoms with Crippen LogP contribution in [0.2, 0.25) is 0 Å². The van der Waals surface area contributed by atoms with E-state index in [0.29, 0.717) is 5.78 Å². The molecule has 0 atom stereocenters. The summed E-state index contributed by atoms with van der Waals surface area (Å²) < 4.78 is 0. The van der Waals surface area contributed by atoms with E-state index >= 15 is 0 Å².